The summed E-state index contributed by atoms with van der Waals surface area (Å²) in [5.74, 6) is -2.77. The molecule has 0 aromatic heterocycles. The quantitative estimate of drug-likeness (QED) is 0.301. The topological polar surface area (TPSA) is 177 Å². The molecule has 9 nitrogen and oxygen atoms in total. The largest absolute Gasteiger partial charge is 0.478 e. The number of hydrogen-bond donors (Lipinski definition) is 5. The van der Waals surface area contributed by atoms with Crippen LogP contribution in [0.2, 0.25) is 10.0 Å². The molecule has 11 heteroatoms. The van der Waals surface area contributed by atoms with E-state index in [1.807, 2.05) is 0 Å². The molecule has 0 fully saturated rings. The first-order valence-corrected chi connectivity index (χ1v) is 6.40. The van der Waals surface area contributed by atoms with Crippen molar-refractivity contribution in [2.75, 3.05) is 0 Å². The molecule has 0 aliphatic carbocycles. The maximum atomic E-state index is 9.55. The Balaban J connectivity index is 0.000000515. The SMILES string of the molecule is NC(N)=NC(N)=Nc1cccc(Cl)c1Cl.O=C(O)/C=C\C(=O)O. The molecule has 124 valence electrons. The Morgan fingerprint density at radius 3 is 2.00 bits per heavy atom. The Bertz CT molecular complexity index is 653. The van der Waals surface area contributed by atoms with Gasteiger partial charge in [0.05, 0.1) is 15.7 Å². The van der Waals surface area contributed by atoms with Crippen molar-refractivity contribution in [1.82, 2.24) is 0 Å². The van der Waals surface area contributed by atoms with E-state index in [4.69, 9.17) is 50.6 Å². The van der Waals surface area contributed by atoms with Crippen molar-refractivity contribution in [1.29, 1.82) is 0 Å². The van der Waals surface area contributed by atoms with Gasteiger partial charge in [-0.3, -0.25) is 0 Å². The summed E-state index contributed by atoms with van der Waals surface area (Å²) in [5, 5.41) is 16.3. The average molecular weight is 362 g/mol. The molecular weight excluding hydrogens is 349 g/mol. The van der Waals surface area contributed by atoms with Crippen molar-refractivity contribution in [2.45, 2.75) is 0 Å². The van der Waals surface area contributed by atoms with E-state index in [0.717, 1.165) is 0 Å². The molecule has 0 aliphatic heterocycles. The van der Waals surface area contributed by atoms with Crippen molar-refractivity contribution >= 4 is 52.7 Å². The van der Waals surface area contributed by atoms with E-state index in [1.165, 1.54) is 0 Å². The lowest BCUT2D eigenvalue weighted by Crippen LogP contribution is -2.26. The van der Waals surface area contributed by atoms with Crippen LogP contribution in [0.5, 0.6) is 0 Å². The maximum Gasteiger partial charge on any atom is 0.328 e. The summed E-state index contributed by atoms with van der Waals surface area (Å²) in [6.45, 7) is 0. The average Bonchev–Trinajstić information content (AvgIpc) is 2.41. The number of carboxylic acids is 2. The van der Waals surface area contributed by atoms with Crippen LogP contribution in [-0.2, 0) is 9.59 Å². The van der Waals surface area contributed by atoms with Crippen molar-refractivity contribution in [2.24, 2.45) is 27.2 Å². The third kappa shape index (κ3) is 9.72. The highest BCUT2D eigenvalue weighted by Gasteiger charge is 2.03. The van der Waals surface area contributed by atoms with Gasteiger partial charge < -0.3 is 27.4 Å². The lowest BCUT2D eigenvalue weighted by molar-refractivity contribution is -0.134. The third-order valence-electron chi connectivity index (χ3n) is 1.78. The van der Waals surface area contributed by atoms with E-state index in [1.54, 1.807) is 18.2 Å². The smallest absolute Gasteiger partial charge is 0.328 e. The normalized spacial score (nSPS) is 10.6. The van der Waals surface area contributed by atoms with Gasteiger partial charge in [-0.2, -0.15) is 4.99 Å². The van der Waals surface area contributed by atoms with Crippen molar-refractivity contribution in [3.8, 4) is 0 Å². The Hall–Kier alpha value is -2.78. The molecule has 23 heavy (non-hydrogen) atoms. The van der Waals surface area contributed by atoms with E-state index in [9.17, 15) is 9.59 Å². The molecule has 0 atom stereocenters. The van der Waals surface area contributed by atoms with Gasteiger partial charge in [0, 0.05) is 12.2 Å². The molecule has 1 aromatic carbocycles. The number of nitrogens with two attached hydrogens (primary N) is 3. The van der Waals surface area contributed by atoms with Crippen LogP contribution in [0, 0.1) is 0 Å². The van der Waals surface area contributed by atoms with Crippen LogP contribution in [0.4, 0.5) is 5.69 Å². The summed E-state index contributed by atoms with van der Waals surface area (Å²) in [5.41, 5.74) is 16.1. The summed E-state index contributed by atoms with van der Waals surface area (Å²) in [6, 6.07) is 4.97. The molecule has 0 aliphatic rings. The highest BCUT2D eigenvalue weighted by Crippen LogP contribution is 2.31. The number of carboxylic acid groups (broad SMARTS) is 2. The van der Waals surface area contributed by atoms with Crippen LogP contribution in [0.15, 0.2) is 40.3 Å². The molecule has 0 saturated carbocycles. The van der Waals surface area contributed by atoms with Crippen LogP contribution in [0.25, 0.3) is 0 Å². The second-order valence-electron chi connectivity index (χ2n) is 3.59. The zero-order valence-electron chi connectivity index (χ0n) is 11.5. The van der Waals surface area contributed by atoms with Crippen molar-refractivity contribution in [3.63, 3.8) is 0 Å². The van der Waals surface area contributed by atoms with Crippen LogP contribution in [-0.4, -0.2) is 34.1 Å². The molecule has 0 radical (unpaired) electrons. The fraction of sp³-hybridized carbons (Fsp3) is 0. The molecule has 0 amide bonds. The van der Waals surface area contributed by atoms with E-state index >= 15 is 0 Å². The highest BCUT2D eigenvalue weighted by atomic mass is 35.5. The predicted molar refractivity (Wildman–Crippen MR) is 88.0 cm³/mol. The predicted octanol–water partition coefficient (Wildman–Crippen LogP) is 0.925. The lowest BCUT2D eigenvalue weighted by Gasteiger charge is -2.00. The molecule has 0 saturated heterocycles. The van der Waals surface area contributed by atoms with Gasteiger partial charge in [-0.25, -0.2) is 14.6 Å². The van der Waals surface area contributed by atoms with Gasteiger partial charge in [0.25, 0.3) is 0 Å². The summed E-state index contributed by atoms with van der Waals surface area (Å²) >= 11 is 11.6. The summed E-state index contributed by atoms with van der Waals surface area (Å²) in [7, 11) is 0. The lowest BCUT2D eigenvalue weighted by atomic mass is 10.3. The maximum absolute atomic E-state index is 9.55. The number of guanidine groups is 2. The van der Waals surface area contributed by atoms with Gasteiger partial charge >= 0.3 is 11.9 Å². The fourth-order valence-corrected chi connectivity index (χ4v) is 1.34. The minimum atomic E-state index is -1.26. The summed E-state index contributed by atoms with van der Waals surface area (Å²) in [4.78, 5) is 26.5. The minimum Gasteiger partial charge on any atom is -0.478 e. The van der Waals surface area contributed by atoms with Gasteiger partial charge in [0.1, 0.15) is 0 Å². The van der Waals surface area contributed by atoms with Gasteiger partial charge in [-0.15, -0.1) is 0 Å². The number of nitrogens with zero attached hydrogens (tertiary/aromatic N) is 2. The molecular formula is C12H13Cl2N5O4. The summed E-state index contributed by atoms with van der Waals surface area (Å²) in [6.07, 6.45) is 1.12. The number of rotatable bonds is 3. The Labute approximate surface area is 140 Å². The number of aliphatic carboxylic acids is 2. The Morgan fingerprint density at radius 2 is 1.57 bits per heavy atom. The van der Waals surface area contributed by atoms with Crippen molar-refractivity contribution < 1.29 is 19.8 Å². The Kier molecular flexibility index (Phi) is 8.82. The van der Waals surface area contributed by atoms with Crippen molar-refractivity contribution in [3.05, 3.63) is 40.4 Å². The third-order valence-corrected chi connectivity index (χ3v) is 2.59. The first-order chi connectivity index (χ1) is 10.6. The first kappa shape index (κ1) is 20.2. The molecule has 1 aromatic rings. The van der Waals surface area contributed by atoms with Crippen LogP contribution >= 0.6 is 23.2 Å². The number of benzene rings is 1. The second-order valence-corrected chi connectivity index (χ2v) is 4.37. The van der Waals surface area contributed by atoms with E-state index in [-0.39, 0.29) is 11.9 Å². The van der Waals surface area contributed by atoms with Gasteiger partial charge in [-0.1, -0.05) is 29.3 Å². The van der Waals surface area contributed by atoms with E-state index in [0.29, 0.717) is 27.9 Å². The molecule has 0 heterocycles. The molecule has 8 N–H and O–H groups in total. The molecule has 0 spiro atoms. The number of aliphatic imine (C=N–C) groups is 2. The molecule has 1 rings (SSSR count). The fourth-order valence-electron chi connectivity index (χ4n) is 1.00. The van der Waals surface area contributed by atoms with Crippen LogP contribution in [0.1, 0.15) is 0 Å². The zero-order valence-corrected chi connectivity index (χ0v) is 13.0. The monoisotopic (exact) mass is 361 g/mol. The number of carbonyl (C=O) groups is 2. The Morgan fingerprint density at radius 1 is 1.04 bits per heavy atom. The van der Waals surface area contributed by atoms with E-state index < -0.39 is 11.9 Å². The zero-order chi connectivity index (χ0) is 18.0. The van der Waals surface area contributed by atoms with Gasteiger partial charge in [0.2, 0.25) is 5.96 Å². The van der Waals surface area contributed by atoms with Crippen LogP contribution < -0.4 is 17.2 Å². The standard InChI is InChI=1S/C8H9Cl2N5.C4H4O4/c9-4-2-1-3-5(6(4)10)14-8(13)15-7(11)12;5-3(6)1-2-4(7)8/h1-3H,(H6,11,12,13,14,15);1-2H,(H,5,6)(H,7,8)/b;2-1-. The van der Waals surface area contributed by atoms with Crippen LogP contribution in [0.3, 0.4) is 0 Å². The minimum absolute atomic E-state index is 0.0841. The summed E-state index contributed by atoms with van der Waals surface area (Å²) < 4.78 is 0. The van der Waals surface area contributed by atoms with Gasteiger partial charge in [0.15, 0.2) is 5.96 Å². The number of halogens is 2. The highest BCUT2D eigenvalue weighted by molar-refractivity contribution is 6.43. The molecule has 0 bridgehead atoms. The first-order valence-electron chi connectivity index (χ1n) is 5.65. The number of hydrogen-bond acceptors (Lipinski definition) is 3. The molecule has 0 unspecified atom stereocenters. The van der Waals surface area contributed by atoms with Gasteiger partial charge in [-0.05, 0) is 12.1 Å². The second kappa shape index (κ2) is 10.0. The van der Waals surface area contributed by atoms with E-state index in [2.05, 4.69) is 9.98 Å².